The molecule has 0 radical (unpaired) electrons. The van der Waals surface area contributed by atoms with Crippen molar-refractivity contribution < 1.29 is 33.4 Å². The van der Waals surface area contributed by atoms with Gasteiger partial charge < -0.3 is 44.6 Å². The molecule has 3 aliphatic rings. The van der Waals surface area contributed by atoms with Crippen LogP contribution in [0.25, 0.3) is 44.2 Å². The van der Waals surface area contributed by atoms with E-state index in [0.717, 1.165) is 81.2 Å². The van der Waals surface area contributed by atoms with E-state index in [1.165, 1.54) is 14.2 Å². The van der Waals surface area contributed by atoms with Crippen LogP contribution in [0.2, 0.25) is 0 Å². The van der Waals surface area contributed by atoms with E-state index >= 15 is 0 Å². The SMILES string of the molecule is CCC(NC(=O)OC)C(=O)N1[C@@H](C)CC[C@H]1c1ncc(-c2ccc3c(c2)COc2cc4c(ccc5[nH]c([C@@H]6CC[C@H](C)N6C(=O)[C@@H](NC(=O)OC)C(C)C)nc54)cc2-3)[nH]1. The molecule has 8 rings (SSSR count). The predicted molar refractivity (Wildman–Crippen MR) is 221 cm³/mol. The number of carbonyl (C=O) groups excluding carboxylic acids is 4. The lowest BCUT2D eigenvalue weighted by Gasteiger charge is -2.32. The fraction of sp³-hybridized carbons (Fsp3) is 0.455. The Bertz CT molecular complexity index is 2440. The number of ether oxygens (including phenoxy) is 3. The van der Waals surface area contributed by atoms with Crippen LogP contribution in [0.4, 0.5) is 9.59 Å². The van der Waals surface area contributed by atoms with Crippen LogP contribution in [0.5, 0.6) is 5.75 Å². The lowest BCUT2D eigenvalue weighted by Crippen LogP contribution is -2.52. The summed E-state index contributed by atoms with van der Waals surface area (Å²) in [4.78, 5) is 72.3. The molecule has 15 heteroatoms. The molecule has 310 valence electrons. The van der Waals surface area contributed by atoms with Crippen molar-refractivity contribution in [3.05, 3.63) is 65.9 Å². The van der Waals surface area contributed by atoms with Gasteiger partial charge in [-0.2, -0.15) is 0 Å². The minimum absolute atomic E-state index is 0.00393. The van der Waals surface area contributed by atoms with Crippen LogP contribution in [0.3, 0.4) is 0 Å². The number of alkyl carbamates (subject to hydrolysis) is 2. The molecular weight excluding hydrogens is 753 g/mol. The summed E-state index contributed by atoms with van der Waals surface area (Å²) < 4.78 is 16.0. The zero-order valence-electron chi connectivity index (χ0n) is 34.5. The van der Waals surface area contributed by atoms with Crippen LogP contribution < -0.4 is 15.4 Å². The first kappa shape index (κ1) is 39.7. The van der Waals surface area contributed by atoms with E-state index < -0.39 is 24.3 Å². The lowest BCUT2D eigenvalue weighted by atomic mass is 9.92. The van der Waals surface area contributed by atoms with Gasteiger partial charge in [0.15, 0.2) is 0 Å². The van der Waals surface area contributed by atoms with Gasteiger partial charge in [0.25, 0.3) is 0 Å². The summed E-state index contributed by atoms with van der Waals surface area (Å²) in [6.07, 6.45) is 4.14. The van der Waals surface area contributed by atoms with E-state index in [0.29, 0.717) is 24.7 Å². The van der Waals surface area contributed by atoms with Gasteiger partial charge in [0.2, 0.25) is 11.8 Å². The second-order valence-electron chi connectivity index (χ2n) is 16.3. The predicted octanol–water partition coefficient (Wildman–Crippen LogP) is 7.28. The number of H-pyrrole nitrogens is 2. The molecular formula is C44H52N8O7. The van der Waals surface area contributed by atoms with Crippen molar-refractivity contribution in [3.63, 3.8) is 0 Å². The van der Waals surface area contributed by atoms with E-state index in [1.54, 1.807) is 0 Å². The number of rotatable bonds is 9. The van der Waals surface area contributed by atoms with Gasteiger partial charge in [-0.3, -0.25) is 9.59 Å². The van der Waals surface area contributed by atoms with Crippen molar-refractivity contribution in [3.8, 4) is 28.1 Å². The maximum Gasteiger partial charge on any atom is 0.407 e. The topological polar surface area (TPSA) is 184 Å². The average molecular weight is 805 g/mol. The van der Waals surface area contributed by atoms with Crippen molar-refractivity contribution >= 4 is 45.8 Å². The Labute approximate surface area is 342 Å². The maximum atomic E-state index is 14.0. The van der Waals surface area contributed by atoms with Crippen LogP contribution in [-0.2, 0) is 25.7 Å². The van der Waals surface area contributed by atoms with Gasteiger partial charge >= 0.3 is 12.2 Å². The molecule has 3 aliphatic heterocycles. The number of fused-ring (bicyclic) bond motifs is 6. The number of likely N-dealkylation sites (tertiary alicyclic amines) is 2. The summed E-state index contributed by atoms with van der Waals surface area (Å²) in [5, 5.41) is 7.37. The quantitative estimate of drug-likeness (QED) is 0.119. The molecule has 15 nitrogen and oxygen atoms in total. The number of benzene rings is 3. The van der Waals surface area contributed by atoms with Crippen LogP contribution >= 0.6 is 0 Å². The van der Waals surface area contributed by atoms with Gasteiger partial charge in [0.1, 0.15) is 36.1 Å². The monoisotopic (exact) mass is 804 g/mol. The second kappa shape index (κ2) is 15.9. The number of hydrogen-bond acceptors (Lipinski definition) is 9. The summed E-state index contributed by atoms with van der Waals surface area (Å²) in [6.45, 7) is 10.1. The number of aromatic amines is 2. The fourth-order valence-electron chi connectivity index (χ4n) is 9.11. The molecule has 0 spiro atoms. The van der Waals surface area contributed by atoms with Gasteiger partial charge in [-0.05, 0) is 98.2 Å². The van der Waals surface area contributed by atoms with E-state index in [-0.39, 0.29) is 41.9 Å². The lowest BCUT2D eigenvalue weighted by molar-refractivity contribution is -0.137. The van der Waals surface area contributed by atoms with Crippen molar-refractivity contribution in [2.75, 3.05) is 14.2 Å². The summed E-state index contributed by atoms with van der Waals surface area (Å²) in [5.41, 5.74) is 6.59. The Morgan fingerprint density at radius 1 is 0.847 bits per heavy atom. The van der Waals surface area contributed by atoms with Gasteiger partial charge in [0, 0.05) is 23.0 Å². The molecule has 4 amide bonds. The molecule has 2 saturated heterocycles. The third kappa shape index (κ3) is 7.20. The zero-order valence-corrected chi connectivity index (χ0v) is 34.5. The van der Waals surface area contributed by atoms with Gasteiger partial charge in [-0.1, -0.05) is 39.0 Å². The number of nitrogens with zero attached hydrogens (tertiary/aromatic N) is 4. The normalized spacial score (nSPS) is 20.9. The largest absolute Gasteiger partial charge is 0.488 e. The van der Waals surface area contributed by atoms with Gasteiger partial charge in [-0.25, -0.2) is 19.6 Å². The Kier molecular flexibility index (Phi) is 10.7. The van der Waals surface area contributed by atoms with E-state index in [2.05, 4.69) is 57.0 Å². The third-order valence-corrected chi connectivity index (χ3v) is 12.3. The first-order valence-corrected chi connectivity index (χ1v) is 20.5. The van der Waals surface area contributed by atoms with Crippen molar-refractivity contribution in [2.45, 2.75) is 110 Å². The highest BCUT2D eigenvalue weighted by Crippen LogP contribution is 2.44. The number of methoxy groups -OCH3 is 2. The molecule has 3 aromatic carbocycles. The molecule has 59 heavy (non-hydrogen) atoms. The highest BCUT2D eigenvalue weighted by Gasteiger charge is 2.42. The van der Waals surface area contributed by atoms with E-state index in [4.69, 9.17) is 24.2 Å². The number of aromatic nitrogens is 4. The maximum absolute atomic E-state index is 14.0. The molecule has 0 bridgehead atoms. The van der Waals surface area contributed by atoms with Crippen molar-refractivity contribution in [1.29, 1.82) is 0 Å². The Morgan fingerprint density at radius 3 is 2.24 bits per heavy atom. The van der Waals surface area contributed by atoms with Gasteiger partial charge in [-0.15, -0.1) is 0 Å². The summed E-state index contributed by atoms with van der Waals surface area (Å²) >= 11 is 0. The second-order valence-corrected chi connectivity index (χ2v) is 16.3. The average Bonchev–Trinajstić information content (AvgIpc) is 4.06. The molecule has 5 aromatic rings. The van der Waals surface area contributed by atoms with Crippen LogP contribution in [0.15, 0.2) is 48.7 Å². The molecule has 2 fully saturated rings. The Hall–Kier alpha value is -6.12. The van der Waals surface area contributed by atoms with Crippen molar-refractivity contribution in [1.82, 2.24) is 40.4 Å². The molecule has 0 saturated carbocycles. The summed E-state index contributed by atoms with van der Waals surface area (Å²) in [6, 6.07) is 12.7. The molecule has 2 aromatic heterocycles. The van der Waals surface area contributed by atoms with Crippen molar-refractivity contribution in [2.24, 2.45) is 5.92 Å². The smallest absolute Gasteiger partial charge is 0.407 e. The number of nitrogens with one attached hydrogen (secondary N) is 4. The first-order valence-electron chi connectivity index (χ1n) is 20.5. The number of amides is 4. The molecule has 1 unspecified atom stereocenters. The molecule has 5 heterocycles. The number of hydrogen-bond donors (Lipinski definition) is 4. The standard InChI is InChI=1S/C44H52N8O7/c1-8-31(48-43(55)57-6)41(53)51-23(4)9-15-34(51)39-45-20-33(47-39)26-11-13-28-27(17-26)21-59-36-19-29-25(18-30(28)36)12-14-32-38(29)49-40(46-32)35-16-10-24(5)52(35)42(54)37(22(2)3)50-44(56)58-7/h11-14,17-20,22-24,31,34-35,37H,8-10,15-16,21H2,1-7H3,(H,45,47)(H,46,49)(H,48,55)(H,50,56)/t23-,24-,31?,34-,35-,37-/m0/s1. The zero-order chi connectivity index (χ0) is 41.7. The highest BCUT2D eigenvalue weighted by atomic mass is 16.5. The number of carbonyl (C=O) groups is 4. The van der Waals surface area contributed by atoms with E-state index in [1.807, 2.05) is 56.7 Å². The van der Waals surface area contributed by atoms with Crippen LogP contribution in [0, 0.1) is 5.92 Å². The van der Waals surface area contributed by atoms with Crippen LogP contribution in [-0.4, -0.2) is 92.1 Å². The Balaban J connectivity index is 1.05. The molecule has 6 atom stereocenters. The summed E-state index contributed by atoms with van der Waals surface area (Å²) in [7, 11) is 2.58. The summed E-state index contributed by atoms with van der Waals surface area (Å²) in [5.74, 6) is 1.76. The first-order chi connectivity index (χ1) is 28.4. The number of imidazole rings is 2. The van der Waals surface area contributed by atoms with Gasteiger partial charge in [0.05, 0.1) is 49.2 Å². The molecule has 0 aliphatic carbocycles. The fourth-order valence-corrected chi connectivity index (χ4v) is 9.11. The third-order valence-electron chi connectivity index (χ3n) is 12.3. The minimum atomic E-state index is -0.725. The van der Waals surface area contributed by atoms with E-state index in [9.17, 15) is 19.2 Å². The van der Waals surface area contributed by atoms with Crippen LogP contribution in [0.1, 0.15) is 96.0 Å². The minimum Gasteiger partial charge on any atom is -0.488 e. The Morgan fingerprint density at radius 2 is 1.54 bits per heavy atom. The highest BCUT2D eigenvalue weighted by molar-refractivity contribution is 6.07. The molecule has 4 N–H and O–H groups in total.